The summed E-state index contributed by atoms with van der Waals surface area (Å²) < 4.78 is 5.46. The second-order valence-electron chi connectivity index (χ2n) is 5.98. The van der Waals surface area contributed by atoms with Gasteiger partial charge in [0.15, 0.2) is 6.61 Å². The number of phenolic OH excluding ortho intramolecular Hbond substituents is 1. The fourth-order valence-electron chi connectivity index (χ4n) is 2.60. The number of aromatic hydroxyl groups is 1. The summed E-state index contributed by atoms with van der Waals surface area (Å²) in [5.74, 6) is 0.665. The molecule has 3 rings (SSSR count). The van der Waals surface area contributed by atoms with Gasteiger partial charge in [-0.25, -0.2) is 10.4 Å². The topological polar surface area (TPSA) is 99.9 Å². The van der Waals surface area contributed by atoms with Crippen molar-refractivity contribution < 1.29 is 14.6 Å². The van der Waals surface area contributed by atoms with E-state index < -0.39 is 5.91 Å². The van der Waals surface area contributed by atoms with E-state index in [1.807, 2.05) is 6.92 Å². The molecule has 0 bridgehead atoms. The molecule has 0 atom stereocenters. The van der Waals surface area contributed by atoms with Crippen LogP contribution in [0.3, 0.4) is 0 Å². The minimum atomic E-state index is -0.421. The van der Waals surface area contributed by atoms with Gasteiger partial charge in [0.2, 0.25) is 11.8 Å². The van der Waals surface area contributed by atoms with E-state index in [9.17, 15) is 9.90 Å². The van der Waals surface area contributed by atoms with E-state index in [-0.39, 0.29) is 12.4 Å². The molecule has 1 aromatic carbocycles. The van der Waals surface area contributed by atoms with Crippen molar-refractivity contribution in [3.05, 3.63) is 41.6 Å². The number of nitrogens with one attached hydrogen (secondary N) is 1. The molecule has 1 amide bonds. The zero-order chi connectivity index (χ0) is 18.4. The number of benzene rings is 1. The Bertz CT molecular complexity index is 803. The number of hydrazone groups is 1. The highest BCUT2D eigenvalue weighted by Crippen LogP contribution is 2.19. The molecular formula is C18H21N5O3. The van der Waals surface area contributed by atoms with Crippen LogP contribution in [0.1, 0.15) is 24.1 Å². The molecule has 1 saturated heterocycles. The van der Waals surface area contributed by atoms with Crippen molar-refractivity contribution >= 4 is 18.1 Å². The van der Waals surface area contributed by atoms with Crippen LogP contribution in [0.25, 0.3) is 0 Å². The predicted molar refractivity (Wildman–Crippen MR) is 97.6 cm³/mol. The van der Waals surface area contributed by atoms with Crippen LogP contribution in [0, 0.1) is 6.92 Å². The molecule has 26 heavy (non-hydrogen) atoms. The van der Waals surface area contributed by atoms with Gasteiger partial charge < -0.3 is 14.7 Å². The predicted octanol–water partition coefficient (Wildman–Crippen LogP) is 1.62. The van der Waals surface area contributed by atoms with Crippen molar-refractivity contribution in [3.63, 3.8) is 0 Å². The van der Waals surface area contributed by atoms with Gasteiger partial charge in [0.1, 0.15) is 5.75 Å². The number of nitrogens with zero attached hydrogens (tertiary/aromatic N) is 4. The SMILES string of the molecule is Cc1cc(OCC(=O)N/N=C/c2ccccc2O)nc(N2CCCC2)n1. The van der Waals surface area contributed by atoms with Crippen molar-refractivity contribution in [3.8, 4) is 11.6 Å². The van der Waals surface area contributed by atoms with Gasteiger partial charge >= 0.3 is 0 Å². The Hall–Kier alpha value is -3.16. The van der Waals surface area contributed by atoms with Crippen molar-refractivity contribution in [2.24, 2.45) is 5.10 Å². The first-order valence-electron chi connectivity index (χ1n) is 8.45. The summed E-state index contributed by atoms with van der Waals surface area (Å²) in [7, 11) is 0. The molecule has 2 N–H and O–H groups in total. The van der Waals surface area contributed by atoms with Gasteiger partial charge in [0, 0.05) is 30.4 Å². The summed E-state index contributed by atoms with van der Waals surface area (Å²) in [4.78, 5) is 22.7. The fraction of sp³-hybridized carbons (Fsp3) is 0.333. The van der Waals surface area contributed by atoms with Gasteiger partial charge in [-0.2, -0.15) is 10.1 Å². The maximum absolute atomic E-state index is 11.9. The van der Waals surface area contributed by atoms with Crippen molar-refractivity contribution in [2.75, 3.05) is 24.6 Å². The largest absolute Gasteiger partial charge is 0.507 e. The minimum absolute atomic E-state index is 0.0904. The molecule has 1 fully saturated rings. The molecule has 0 unspecified atom stereocenters. The van der Waals surface area contributed by atoms with E-state index in [0.717, 1.165) is 31.6 Å². The first-order chi connectivity index (χ1) is 12.6. The number of phenols is 1. The molecule has 1 aliphatic heterocycles. The average molecular weight is 355 g/mol. The van der Waals surface area contributed by atoms with Crippen molar-refractivity contribution in [1.82, 2.24) is 15.4 Å². The first kappa shape index (κ1) is 17.7. The number of hydrogen-bond acceptors (Lipinski definition) is 7. The van der Waals surface area contributed by atoms with Crippen LogP contribution in [0.15, 0.2) is 35.4 Å². The molecule has 2 heterocycles. The molecule has 136 valence electrons. The minimum Gasteiger partial charge on any atom is -0.507 e. The number of rotatable bonds is 6. The average Bonchev–Trinajstić information content (AvgIpc) is 3.16. The summed E-state index contributed by atoms with van der Waals surface area (Å²) in [5.41, 5.74) is 3.65. The number of aryl methyl sites for hydroxylation is 1. The number of hydrogen-bond donors (Lipinski definition) is 2. The Morgan fingerprint density at radius 2 is 2.12 bits per heavy atom. The molecular weight excluding hydrogens is 334 g/mol. The summed E-state index contributed by atoms with van der Waals surface area (Å²) in [6, 6.07) is 8.39. The van der Waals surface area contributed by atoms with Crippen LogP contribution < -0.4 is 15.1 Å². The monoisotopic (exact) mass is 355 g/mol. The van der Waals surface area contributed by atoms with Crippen LogP contribution in [0.4, 0.5) is 5.95 Å². The molecule has 8 heteroatoms. The third-order valence-electron chi connectivity index (χ3n) is 3.89. The Balaban J connectivity index is 1.53. The van der Waals surface area contributed by atoms with Gasteiger partial charge in [-0.15, -0.1) is 0 Å². The third kappa shape index (κ3) is 4.69. The number of aromatic nitrogens is 2. The maximum atomic E-state index is 11.9. The molecule has 0 radical (unpaired) electrons. The molecule has 0 aliphatic carbocycles. The van der Waals surface area contributed by atoms with E-state index in [1.165, 1.54) is 6.21 Å². The Morgan fingerprint density at radius 1 is 1.35 bits per heavy atom. The molecule has 2 aromatic rings. The summed E-state index contributed by atoms with van der Waals surface area (Å²) in [5, 5.41) is 13.4. The molecule has 8 nitrogen and oxygen atoms in total. The lowest BCUT2D eigenvalue weighted by Crippen LogP contribution is -2.25. The lowest BCUT2D eigenvalue weighted by atomic mass is 10.2. The highest BCUT2D eigenvalue weighted by atomic mass is 16.5. The van der Waals surface area contributed by atoms with Crippen molar-refractivity contribution in [1.29, 1.82) is 0 Å². The molecule has 0 saturated carbocycles. The van der Waals surface area contributed by atoms with E-state index in [4.69, 9.17) is 4.74 Å². The van der Waals surface area contributed by atoms with Crippen molar-refractivity contribution in [2.45, 2.75) is 19.8 Å². The molecule has 1 aliphatic rings. The number of ether oxygens (including phenoxy) is 1. The Kier molecular flexibility index (Phi) is 5.62. The molecule has 0 spiro atoms. The Morgan fingerprint density at radius 3 is 2.88 bits per heavy atom. The smallest absolute Gasteiger partial charge is 0.278 e. The summed E-state index contributed by atoms with van der Waals surface area (Å²) >= 11 is 0. The van der Waals surface area contributed by atoms with Gasteiger partial charge in [-0.1, -0.05) is 12.1 Å². The van der Waals surface area contributed by atoms with Gasteiger partial charge in [0.25, 0.3) is 5.91 Å². The second kappa shape index (κ2) is 8.28. The fourth-order valence-corrected chi connectivity index (χ4v) is 2.60. The van der Waals surface area contributed by atoms with E-state index in [2.05, 4.69) is 25.4 Å². The lowest BCUT2D eigenvalue weighted by Gasteiger charge is -2.16. The highest BCUT2D eigenvalue weighted by molar-refractivity contribution is 5.85. The normalized spacial score (nSPS) is 14.0. The number of para-hydroxylation sites is 1. The highest BCUT2D eigenvalue weighted by Gasteiger charge is 2.16. The van der Waals surface area contributed by atoms with Crippen LogP contribution >= 0.6 is 0 Å². The third-order valence-corrected chi connectivity index (χ3v) is 3.89. The van der Waals surface area contributed by atoms with E-state index in [1.54, 1.807) is 30.3 Å². The van der Waals surface area contributed by atoms with Gasteiger partial charge in [-0.05, 0) is 31.9 Å². The Labute approximate surface area is 151 Å². The summed E-state index contributed by atoms with van der Waals surface area (Å²) in [6.45, 7) is 3.52. The standard InChI is InChI=1S/C18H21N5O3/c1-13-10-17(21-18(20-13)23-8-4-5-9-23)26-12-16(25)22-19-11-14-6-2-3-7-15(14)24/h2-3,6-7,10-11,24H,4-5,8-9,12H2,1H3,(H,22,25)/b19-11+. The van der Waals surface area contributed by atoms with Crippen LogP contribution in [0.5, 0.6) is 11.6 Å². The van der Waals surface area contributed by atoms with Crippen LogP contribution in [-0.2, 0) is 4.79 Å². The second-order valence-corrected chi connectivity index (χ2v) is 5.98. The summed E-state index contributed by atoms with van der Waals surface area (Å²) in [6.07, 6.45) is 3.63. The van der Waals surface area contributed by atoms with E-state index >= 15 is 0 Å². The number of carbonyl (C=O) groups excluding carboxylic acids is 1. The van der Waals surface area contributed by atoms with Gasteiger partial charge in [0.05, 0.1) is 6.21 Å². The zero-order valence-electron chi connectivity index (χ0n) is 14.6. The first-order valence-corrected chi connectivity index (χ1v) is 8.45. The van der Waals surface area contributed by atoms with Crippen LogP contribution in [-0.4, -0.2) is 46.9 Å². The number of anilines is 1. The number of amides is 1. The lowest BCUT2D eigenvalue weighted by molar-refractivity contribution is -0.123. The maximum Gasteiger partial charge on any atom is 0.278 e. The molecule has 1 aromatic heterocycles. The number of carbonyl (C=O) groups is 1. The van der Waals surface area contributed by atoms with E-state index in [0.29, 0.717) is 17.4 Å². The van der Waals surface area contributed by atoms with Crippen LogP contribution in [0.2, 0.25) is 0 Å². The van der Waals surface area contributed by atoms with Gasteiger partial charge in [-0.3, -0.25) is 4.79 Å². The zero-order valence-corrected chi connectivity index (χ0v) is 14.6. The quantitative estimate of drug-likeness (QED) is 0.603.